The molecule has 2 N–H and O–H groups in total. The van der Waals surface area contributed by atoms with Gasteiger partial charge in [-0.2, -0.15) is 0 Å². The summed E-state index contributed by atoms with van der Waals surface area (Å²) >= 11 is 6.45. The largest absolute Gasteiger partial charge is 0.497 e. The highest BCUT2D eigenvalue weighted by atomic mass is 35.5. The van der Waals surface area contributed by atoms with Crippen LogP contribution in [0, 0.1) is 5.92 Å². The van der Waals surface area contributed by atoms with Crippen molar-refractivity contribution >= 4 is 34.9 Å². The minimum atomic E-state index is -1.61. The van der Waals surface area contributed by atoms with Gasteiger partial charge in [-0.05, 0) is 60.2 Å². The van der Waals surface area contributed by atoms with Gasteiger partial charge in [0.05, 0.1) is 24.6 Å². The number of carbonyl (C=O) groups excluding carboxylic acids is 2. The average molecular weight is 466 g/mol. The van der Waals surface area contributed by atoms with Gasteiger partial charge in [0, 0.05) is 16.3 Å². The van der Waals surface area contributed by atoms with Crippen molar-refractivity contribution in [1.29, 1.82) is 0 Å². The van der Waals surface area contributed by atoms with Crippen LogP contribution in [-0.4, -0.2) is 41.1 Å². The van der Waals surface area contributed by atoms with Gasteiger partial charge in [0.25, 0.3) is 5.91 Å². The first kappa shape index (κ1) is 22.5. The molecule has 4 rings (SSSR count). The predicted octanol–water partition coefficient (Wildman–Crippen LogP) is 3.99. The van der Waals surface area contributed by atoms with Crippen LogP contribution in [-0.2, 0) is 4.79 Å². The highest BCUT2D eigenvalue weighted by Crippen LogP contribution is 2.45. The molecule has 0 spiro atoms. The molecule has 3 atom stereocenters. The van der Waals surface area contributed by atoms with Crippen LogP contribution in [0.15, 0.2) is 72.8 Å². The Morgan fingerprint density at radius 1 is 0.939 bits per heavy atom. The zero-order valence-electron chi connectivity index (χ0n) is 17.5. The monoisotopic (exact) mass is 465 g/mol. The SMILES string of the molecule is COc1ccc(C(=O)C2C(O)C(=O)N(c3ccc(C(=O)O)cc3)C2c2ccccc2Cl)cc1. The molecule has 0 bridgehead atoms. The van der Waals surface area contributed by atoms with Gasteiger partial charge in [-0.25, -0.2) is 4.79 Å². The second-order valence-corrected chi connectivity index (χ2v) is 8.00. The zero-order chi connectivity index (χ0) is 23.7. The maximum Gasteiger partial charge on any atom is 0.335 e. The summed E-state index contributed by atoms with van der Waals surface area (Å²) in [5.74, 6) is -2.77. The summed E-state index contributed by atoms with van der Waals surface area (Å²) in [5.41, 5.74) is 1.20. The van der Waals surface area contributed by atoms with E-state index >= 15 is 0 Å². The molecule has 8 heteroatoms. The lowest BCUT2D eigenvalue weighted by atomic mass is 9.85. The molecule has 1 fully saturated rings. The van der Waals surface area contributed by atoms with Crippen molar-refractivity contribution in [2.24, 2.45) is 5.92 Å². The third-order valence-electron chi connectivity index (χ3n) is 5.74. The second-order valence-electron chi connectivity index (χ2n) is 7.59. The van der Waals surface area contributed by atoms with E-state index in [1.807, 2.05) is 0 Å². The number of aliphatic hydroxyl groups is 1. The number of hydrogen-bond donors (Lipinski definition) is 2. The van der Waals surface area contributed by atoms with E-state index in [1.165, 1.54) is 36.3 Å². The van der Waals surface area contributed by atoms with Crippen LogP contribution in [0.1, 0.15) is 32.3 Å². The molecule has 1 amide bonds. The van der Waals surface area contributed by atoms with Gasteiger partial charge in [-0.1, -0.05) is 29.8 Å². The first-order valence-corrected chi connectivity index (χ1v) is 10.5. The molecule has 33 heavy (non-hydrogen) atoms. The van der Waals surface area contributed by atoms with Crippen molar-refractivity contribution in [3.8, 4) is 5.75 Å². The van der Waals surface area contributed by atoms with Gasteiger partial charge in [-0.3, -0.25) is 9.59 Å². The molecule has 3 aromatic rings. The standard InChI is InChI=1S/C25H20ClNO6/c1-33-17-12-8-14(9-13-17)22(28)20-21(18-4-2-3-5-19(18)26)27(24(30)23(20)29)16-10-6-15(7-11-16)25(31)32/h2-13,20-21,23,29H,1H3,(H,31,32). The second kappa shape index (κ2) is 9.05. The first-order valence-electron chi connectivity index (χ1n) is 10.1. The number of amides is 1. The maximum absolute atomic E-state index is 13.5. The Kier molecular flexibility index (Phi) is 6.18. The molecule has 3 aromatic carbocycles. The van der Waals surface area contributed by atoms with E-state index < -0.39 is 35.7 Å². The number of carbonyl (C=O) groups is 3. The van der Waals surface area contributed by atoms with Crippen LogP contribution in [0.5, 0.6) is 5.75 Å². The fourth-order valence-electron chi connectivity index (χ4n) is 4.10. The molecule has 1 saturated heterocycles. The van der Waals surface area contributed by atoms with Crippen molar-refractivity contribution < 1.29 is 29.3 Å². The summed E-state index contributed by atoms with van der Waals surface area (Å²) in [5, 5.41) is 20.4. The topological polar surface area (TPSA) is 104 Å². The molecule has 3 unspecified atom stereocenters. The Labute approximate surface area is 194 Å². The molecule has 0 saturated carbocycles. The summed E-state index contributed by atoms with van der Waals surface area (Å²) in [7, 11) is 1.51. The Morgan fingerprint density at radius 2 is 1.55 bits per heavy atom. The molecule has 1 aliphatic rings. The summed E-state index contributed by atoms with van der Waals surface area (Å²) < 4.78 is 5.14. The van der Waals surface area contributed by atoms with Crippen molar-refractivity contribution in [3.05, 3.63) is 94.5 Å². The summed E-state index contributed by atoms with van der Waals surface area (Å²) in [4.78, 5) is 39.3. The van der Waals surface area contributed by atoms with Crippen LogP contribution in [0.4, 0.5) is 5.69 Å². The molecular weight excluding hydrogens is 446 g/mol. The number of hydrogen-bond acceptors (Lipinski definition) is 5. The highest BCUT2D eigenvalue weighted by molar-refractivity contribution is 6.31. The van der Waals surface area contributed by atoms with Crippen molar-refractivity contribution in [1.82, 2.24) is 0 Å². The van der Waals surface area contributed by atoms with E-state index in [-0.39, 0.29) is 5.56 Å². The molecule has 1 aliphatic heterocycles. The number of nitrogens with zero attached hydrogens (tertiary/aromatic N) is 1. The first-order chi connectivity index (χ1) is 15.8. The van der Waals surface area contributed by atoms with Crippen molar-refractivity contribution in [2.75, 3.05) is 12.0 Å². The number of rotatable bonds is 6. The molecular formula is C25H20ClNO6. The van der Waals surface area contributed by atoms with Gasteiger partial charge in [0.2, 0.25) is 0 Å². The average Bonchev–Trinajstić information content (AvgIpc) is 3.09. The molecule has 0 aliphatic carbocycles. The normalized spacial score (nSPS) is 20.0. The van der Waals surface area contributed by atoms with Crippen molar-refractivity contribution in [3.63, 3.8) is 0 Å². The minimum Gasteiger partial charge on any atom is -0.497 e. The number of methoxy groups -OCH3 is 1. The van der Waals surface area contributed by atoms with E-state index in [0.29, 0.717) is 27.6 Å². The smallest absolute Gasteiger partial charge is 0.335 e. The number of benzene rings is 3. The number of ether oxygens (including phenoxy) is 1. The van der Waals surface area contributed by atoms with Crippen molar-refractivity contribution in [2.45, 2.75) is 12.1 Å². The van der Waals surface area contributed by atoms with E-state index in [2.05, 4.69) is 0 Å². The Bertz CT molecular complexity index is 1210. The molecule has 7 nitrogen and oxygen atoms in total. The maximum atomic E-state index is 13.5. The van der Waals surface area contributed by atoms with Gasteiger partial charge < -0.3 is 19.8 Å². The van der Waals surface area contributed by atoms with Crippen LogP contribution in [0.3, 0.4) is 0 Å². The number of aliphatic hydroxyl groups excluding tert-OH is 1. The summed E-state index contributed by atoms with van der Waals surface area (Å²) in [6.07, 6.45) is -1.61. The minimum absolute atomic E-state index is 0.0473. The zero-order valence-corrected chi connectivity index (χ0v) is 18.3. The number of carboxylic acids is 1. The Balaban J connectivity index is 1.82. The molecule has 168 valence electrons. The van der Waals surface area contributed by atoms with Crippen LogP contribution in [0.2, 0.25) is 5.02 Å². The number of anilines is 1. The Hall–Kier alpha value is -3.68. The van der Waals surface area contributed by atoms with Gasteiger partial charge in [0.1, 0.15) is 11.9 Å². The van der Waals surface area contributed by atoms with Crippen LogP contribution in [0.25, 0.3) is 0 Å². The van der Waals surface area contributed by atoms with Crippen LogP contribution < -0.4 is 9.64 Å². The predicted molar refractivity (Wildman–Crippen MR) is 122 cm³/mol. The van der Waals surface area contributed by atoms with E-state index in [0.717, 1.165) is 0 Å². The van der Waals surface area contributed by atoms with Gasteiger partial charge in [-0.15, -0.1) is 0 Å². The lowest BCUT2D eigenvalue weighted by Crippen LogP contribution is -2.31. The third-order valence-corrected chi connectivity index (χ3v) is 6.09. The number of carboxylic acid groups (broad SMARTS) is 1. The van der Waals surface area contributed by atoms with Gasteiger partial charge in [0.15, 0.2) is 5.78 Å². The number of halogens is 1. The molecule has 0 aromatic heterocycles. The highest BCUT2D eigenvalue weighted by Gasteiger charge is 2.52. The lowest BCUT2D eigenvalue weighted by molar-refractivity contribution is -0.124. The lowest BCUT2D eigenvalue weighted by Gasteiger charge is -2.29. The third kappa shape index (κ3) is 4.08. The fraction of sp³-hybridized carbons (Fsp3) is 0.160. The van der Waals surface area contributed by atoms with E-state index in [1.54, 1.807) is 48.5 Å². The molecule has 1 heterocycles. The Morgan fingerprint density at radius 3 is 2.12 bits per heavy atom. The fourth-order valence-corrected chi connectivity index (χ4v) is 4.35. The van der Waals surface area contributed by atoms with Crippen LogP contribution >= 0.6 is 11.6 Å². The quantitative estimate of drug-likeness (QED) is 0.533. The summed E-state index contributed by atoms with van der Waals surface area (Å²) in [6.45, 7) is 0. The number of aromatic carboxylic acids is 1. The number of ketones is 1. The van der Waals surface area contributed by atoms with Gasteiger partial charge >= 0.3 is 5.97 Å². The van der Waals surface area contributed by atoms with E-state index in [9.17, 15) is 24.6 Å². The summed E-state index contributed by atoms with van der Waals surface area (Å²) in [6, 6.07) is 18.0. The molecule has 0 radical (unpaired) electrons. The van der Waals surface area contributed by atoms with E-state index in [4.69, 9.17) is 16.3 Å². The number of Topliss-reactive ketones (excluding diaryl/α,β-unsaturated/α-hetero) is 1.